The molecular formula is C16H16BrN3. The van der Waals surface area contributed by atoms with Crippen molar-refractivity contribution in [1.82, 2.24) is 9.55 Å². The van der Waals surface area contributed by atoms with E-state index in [1.54, 1.807) is 0 Å². The normalized spacial score (nSPS) is 11.0. The molecule has 2 heterocycles. The lowest BCUT2D eigenvalue weighted by molar-refractivity contribution is 0.963. The number of aromatic nitrogens is 2. The van der Waals surface area contributed by atoms with Crippen molar-refractivity contribution in [3.8, 4) is 0 Å². The number of nitrogens with zero attached hydrogens (tertiary/aromatic N) is 3. The lowest BCUT2D eigenvalue weighted by atomic mass is 10.2. The Morgan fingerprint density at radius 3 is 2.75 bits per heavy atom. The van der Waals surface area contributed by atoms with Crippen LogP contribution in [0.3, 0.4) is 0 Å². The molecule has 3 nitrogen and oxygen atoms in total. The SMILES string of the molecule is Cc1cc(N(C)c2cn(C)c3ccccc23)ncc1Br. The average molecular weight is 330 g/mol. The number of anilines is 2. The van der Waals surface area contributed by atoms with Crippen molar-refractivity contribution in [3.63, 3.8) is 0 Å². The van der Waals surface area contributed by atoms with Gasteiger partial charge in [0.2, 0.25) is 0 Å². The Labute approximate surface area is 127 Å². The molecule has 0 spiro atoms. The number of hydrogen-bond acceptors (Lipinski definition) is 2. The third kappa shape index (κ3) is 2.10. The highest BCUT2D eigenvalue weighted by molar-refractivity contribution is 9.10. The number of rotatable bonds is 2. The zero-order chi connectivity index (χ0) is 14.3. The van der Waals surface area contributed by atoms with Gasteiger partial charge in [0.25, 0.3) is 0 Å². The summed E-state index contributed by atoms with van der Waals surface area (Å²) < 4.78 is 3.18. The summed E-state index contributed by atoms with van der Waals surface area (Å²) in [7, 11) is 4.12. The molecule has 0 aliphatic carbocycles. The van der Waals surface area contributed by atoms with Crippen molar-refractivity contribution < 1.29 is 0 Å². The van der Waals surface area contributed by atoms with Crippen LogP contribution in [-0.2, 0) is 7.05 Å². The molecule has 2 aromatic heterocycles. The van der Waals surface area contributed by atoms with Crippen LogP contribution in [0.4, 0.5) is 11.5 Å². The zero-order valence-corrected chi connectivity index (χ0v) is 13.3. The first-order valence-corrected chi connectivity index (χ1v) is 7.27. The van der Waals surface area contributed by atoms with Gasteiger partial charge in [0, 0.05) is 41.9 Å². The van der Waals surface area contributed by atoms with Crippen LogP contribution in [0.25, 0.3) is 10.9 Å². The van der Waals surface area contributed by atoms with Crippen LogP contribution in [-0.4, -0.2) is 16.6 Å². The highest BCUT2D eigenvalue weighted by atomic mass is 79.9. The highest BCUT2D eigenvalue weighted by Gasteiger charge is 2.13. The minimum Gasteiger partial charge on any atom is -0.348 e. The maximum Gasteiger partial charge on any atom is 0.133 e. The predicted molar refractivity (Wildman–Crippen MR) is 87.7 cm³/mol. The summed E-state index contributed by atoms with van der Waals surface area (Å²) in [6.07, 6.45) is 4.00. The van der Waals surface area contributed by atoms with Gasteiger partial charge in [0.05, 0.1) is 5.69 Å². The topological polar surface area (TPSA) is 21.1 Å². The van der Waals surface area contributed by atoms with Crippen LogP contribution < -0.4 is 4.90 Å². The smallest absolute Gasteiger partial charge is 0.133 e. The standard InChI is InChI=1S/C16H16BrN3/c1-11-8-16(18-9-13(11)17)20(3)15-10-19(2)14-7-5-4-6-12(14)15/h4-10H,1-3H3. The molecule has 3 rings (SSSR count). The molecular weight excluding hydrogens is 314 g/mol. The largest absolute Gasteiger partial charge is 0.348 e. The van der Waals surface area contributed by atoms with Crippen molar-refractivity contribution in [2.24, 2.45) is 7.05 Å². The van der Waals surface area contributed by atoms with Gasteiger partial charge in [-0.3, -0.25) is 0 Å². The van der Waals surface area contributed by atoms with Gasteiger partial charge in [0.15, 0.2) is 0 Å². The molecule has 3 aromatic rings. The highest BCUT2D eigenvalue weighted by Crippen LogP contribution is 2.32. The second-order valence-corrected chi connectivity index (χ2v) is 5.85. The quantitative estimate of drug-likeness (QED) is 0.694. The van der Waals surface area contributed by atoms with E-state index in [9.17, 15) is 0 Å². The first-order chi connectivity index (χ1) is 9.58. The predicted octanol–water partition coefficient (Wildman–Crippen LogP) is 4.41. The van der Waals surface area contributed by atoms with Crippen LogP contribution in [0.1, 0.15) is 5.56 Å². The fourth-order valence-corrected chi connectivity index (χ4v) is 2.64. The van der Waals surface area contributed by atoms with Crippen LogP contribution in [0.15, 0.2) is 47.2 Å². The maximum absolute atomic E-state index is 4.50. The van der Waals surface area contributed by atoms with E-state index < -0.39 is 0 Å². The molecule has 0 atom stereocenters. The Morgan fingerprint density at radius 2 is 2.00 bits per heavy atom. The number of benzene rings is 1. The van der Waals surface area contributed by atoms with Gasteiger partial charge in [-0.25, -0.2) is 4.98 Å². The first kappa shape index (κ1) is 13.2. The second kappa shape index (κ2) is 4.94. The third-order valence-electron chi connectivity index (χ3n) is 3.61. The molecule has 4 heteroatoms. The van der Waals surface area contributed by atoms with Gasteiger partial charge in [0.1, 0.15) is 5.82 Å². The van der Waals surface area contributed by atoms with E-state index in [0.717, 1.165) is 16.0 Å². The Balaban J connectivity index is 2.12. The molecule has 0 saturated carbocycles. The Kier molecular flexibility index (Phi) is 3.26. The number of aryl methyl sites for hydroxylation is 2. The Bertz CT molecular complexity index is 776. The molecule has 0 saturated heterocycles. The van der Waals surface area contributed by atoms with Gasteiger partial charge in [-0.05, 0) is 40.5 Å². The maximum atomic E-state index is 4.50. The number of pyridine rings is 1. The van der Waals surface area contributed by atoms with Crippen LogP contribution in [0.2, 0.25) is 0 Å². The summed E-state index contributed by atoms with van der Waals surface area (Å²) in [6, 6.07) is 10.5. The fourth-order valence-electron chi connectivity index (χ4n) is 2.42. The van der Waals surface area contributed by atoms with E-state index in [-0.39, 0.29) is 0 Å². The summed E-state index contributed by atoms with van der Waals surface area (Å²) in [4.78, 5) is 6.63. The summed E-state index contributed by atoms with van der Waals surface area (Å²) >= 11 is 3.49. The molecule has 1 aromatic carbocycles. The van der Waals surface area contributed by atoms with Crippen LogP contribution in [0, 0.1) is 6.92 Å². The van der Waals surface area contributed by atoms with E-state index in [0.29, 0.717) is 0 Å². The lowest BCUT2D eigenvalue weighted by Gasteiger charge is -2.18. The van der Waals surface area contributed by atoms with Gasteiger partial charge in [-0.1, -0.05) is 18.2 Å². The van der Waals surface area contributed by atoms with E-state index in [1.807, 2.05) is 6.20 Å². The van der Waals surface area contributed by atoms with E-state index in [2.05, 4.69) is 87.9 Å². The molecule has 0 N–H and O–H groups in total. The minimum absolute atomic E-state index is 0.946. The number of hydrogen-bond donors (Lipinski definition) is 0. The van der Waals surface area contributed by atoms with Crippen LogP contribution >= 0.6 is 15.9 Å². The van der Waals surface area contributed by atoms with Gasteiger partial charge in [-0.2, -0.15) is 0 Å². The first-order valence-electron chi connectivity index (χ1n) is 6.48. The summed E-state index contributed by atoms with van der Waals surface area (Å²) in [5, 5.41) is 1.24. The van der Waals surface area contributed by atoms with Crippen molar-refractivity contribution >= 4 is 38.3 Å². The average Bonchev–Trinajstić information content (AvgIpc) is 2.79. The lowest BCUT2D eigenvalue weighted by Crippen LogP contribution is -2.11. The monoisotopic (exact) mass is 329 g/mol. The second-order valence-electron chi connectivity index (χ2n) is 4.99. The molecule has 102 valence electrons. The molecule has 0 radical (unpaired) electrons. The summed E-state index contributed by atoms with van der Waals surface area (Å²) in [5.41, 5.74) is 3.57. The minimum atomic E-state index is 0.946. The zero-order valence-electron chi connectivity index (χ0n) is 11.8. The van der Waals surface area contributed by atoms with Crippen molar-refractivity contribution in [2.45, 2.75) is 6.92 Å². The van der Waals surface area contributed by atoms with E-state index in [4.69, 9.17) is 0 Å². The van der Waals surface area contributed by atoms with E-state index >= 15 is 0 Å². The van der Waals surface area contributed by atoms with Gasteiger partial charge in [-0.15, -0.1) is 0 Å². The molecule has 0 unspecified atom stereocenters. The molecule has 0 aliphatic rings. The van der Waals surface area contributed by atoms with Crippen molar-refractivity contribution in [3.05, 3.63) is 52.8 Å². The van der Waals surface area contributed by atoms with Gasteiger partial charge >= 0.3 is 0 Å². The van der Waals surface area contributed by atoms with Crippen molar-refractivity contribution in [2.75, 3.05) is 11.9 Å². The van der Waals surface area contributed by atoms with Gasteiger partial charge < -0.3 is 9.47 Å². The Hall–Kier alpha value is -1.81. The van der Waals surface area contributed by atoms with Crippen LogP contribution in [0.5, 0.6) is 0 Å². The number of fused-ring (bicyclic) bond motifs is 1. The molecule has 20 heavy (non-hydrogen) atoms. The summed E-state index contributed by atoms with van der Waals surface area (Å²) in [6.45, 7) is 2.08. The fraction of sp³-hybridized carbons (Fsp3) is 0.188. The third-order valence-corrected chi connectivity index (χ3v) is 4.44. The Morgan fingerprint density at radius 1 is 1.25 bits per heavy atom. The summed E-state index contributed by atoms with van der Waals surface area (Å²) in [5.74, 6) is 0.946. The molecule has 0 bridgehead atoms. The molecule has 0 aliphatic heterocycles. The molecule has 0 amide bonds. The van der Waals surface area contributed by atoms with E-state index in [1.165, 1.54) is 16.5 Å². The number of halogens is 1. The number of para-hydroxylation sites is 1. The molecule has 0 fully saturated rings. The van der Waals surface area contributed by atoms with Crippen molar-refractivity contribution in [1.29, 1.82) is 0 Å².